The summed E-state index contributed by atoms with van der Waals surface area (Å²) in [5.41, 5.74) is 15.4. The summed E-state index contributed by atoms with van der Waals surface area (Å²) >= 11 is 0. The van der Waals surface area contributed by atoms with Crippen LogP contribution in [-0.2, 0) is 4.74 Å². The molecule has 4 heterocycles. The Labute approximate surface area is 329 Å². The molecule has 270 valence electrons. The predicted molar refractivity (Wildman–Crippen MR) is 234 cm³/mol. The Bertz CT molecular complexity index is 3250. The van der Waals surface area contributed by atoms with Crippen molar-refractivity contribution in [2.45, 2.75) is 31.3 Å². The molecule has 2 aliphatic heterocycles. The monoisotopic (exact) mass is 732 g/mol. The van der Waals surface area contributed by atoms with E-state index >= 15 is 0 Å². The summed E-state index contributed by atoms with van der Waals surface area (Å²) in [7, 11) is 0. The molecule has 2 aromatic heterocycles. The van der Waals surface area contributed by atoms with Crippen molar-refractivity contribution in [3.63, 3.8) is 0 Å². The van der Waals surface area contributed by atoms with Gasteiger partial charge in [0.05, 0.1) is 39.7 Å². The summed E-state index contributed by atoms with van der Waals surface area (Å²) in [4.78, 5) is 5.66. The van der Waals surface area contributed by atoms with E-state index in [1.165, 1.54) is 65.9 Å². The minimum Gasteiger partial charge on any atom is -0.484 e. The third kappa shape index (κ3) is 4.37. The van der Waals surface area contributed by atoms with Gasteiger partial charge in [-0.3, -0.25) is 0 Å². The Morgan fingerprint density at radius 1 is 0.649 bits per heavy atom. The minimum atomic E-state index is -0.369. The second-order valence-electron chi connectivity index (χ2n) is 15.7. The molecule has 5 heteroatoms. The van der Waals surface area contributed by atoms with Gasteiger partial charge in [-0.15, -0.1) is 0 Å². The first-order chi connectivity index (χ1) is 28.3. The molecule has 1 N–H and O–H groups in total. The first-order valence-electron chi connectivity index (χ1n) is 20.0. The number of hydrogen-bond acceptors (Lipinski definition) is 3. The first kappa shape index (κ1) is 31.1. The zero-order chi connectivity index (χ0) is 37.2. The summed E-state index contributed by atoms with van der Waals surface area (Å²) in [5.74, 6) is 1.04. The zero-order valence-corrected chi connectivity index (χ0v) is 31.1. The van der Waals surface area contributed by atoms with E-state index in [2.05, 4.69) is 184 Å². The van der Waals surface area contributed by atoms with Crippen molar-refractivity contribution in [1.29, 1.82) is 0 Å². The number of anilines is 1. The fraction of sp³-hybridized carbons (Fsp3) is 0.0962. The van der Waals surface area contributed by atoms with Crippen molar-refractivity contribution >= 4 is 71.8 Å². The Balaban J connectivity index is 0.962. The summed E-state index contributed by atoms with van der Waals surface area (Å²) in [5, 5.41) is 10.2. The van der Waals surface area contributed by atoms with E-state index in [0.717, 1.165) is 52.3 Å². The maximum Gasteiger partial charge on any atom is 0.201 e. The van der Waals surface area contributed by atoms with Crippen molar-refractivity contribution in [3.05, 3.63) is 203 Å². The number of aliphatic imine (C=N–C) groups is 1. The molecule has 13 rings (SSSR count). The highest BCUT2D eigenvalue weighted by atomic mass is 16.5. The predicted octanol–water partition coefficient (Wildman–Crippen LogP) is 12.4. The van der Waals surface area contributed by atoms with E-state index in [-0.39, 0.29) is 18.4 Å². The maximum atomic E-state index is 6.71. The third-order valence-electron chi connectivity index (χ3n) is 12.7. The molecule has 0 amide bonds. The largest absolute Gasteiger partial charge is 0.484 e. The van der Waals surface area contributed by atoms with E-state index in [1.54, 1.807) is 0 Å². The number of rotatable bonds is 4. The van der Waals surface area contributed by atoms with Crippen LogP contribution in [0, 0.1) is 0 Å². The Morgan fingerprint density at radius 2 is 1.42 bits per heavy atom. The number of nitrogens with zero attached hydrogens (tertiary/aromatic N) is 3. The number of nitrogens with one attached hydrogen (secondary N) is 1. The molecule has 57 heavy (non-hydrogen) atoms. The molecule has 5 nitrogen and oxygen atoms in total. The Hall–Kier alpha value is -7.11. The van der Waals surface area contributed by atoms with E-state index < -0.39 is 0 Å². The lowest BCUT2D eigenvalue weighted by Gasteiger charge is -2.29. The quantitative estimate of drug-likeness (QED) is 0.196. The number of allylic oxidation sites excluding steroid dienone is 6. The van der Waals surface area contributed by atoms with E-state index in [4.69, 9.17) is 9.73 Å². The van der Waals surface area contributed by atoms with Crippen LogP contribution in [0.5, 0.6) is 0 Å². The number of ether oxygens (including phenoxy) is 1. The maximum absolute atomic E-state index is 6.71. The van der Waals surface area contributed by atoms with Crippen LogP contribution in [0.1, 0.15) is 53.1 Å². The van der Waals surface area contributed by atoms with Crippen LogP contribution in [0.4, 0.5) is 5.69 Å². The molecular formula is C52H36N4O. The smallest absolute Gasteiger partial charge is 0.201 e. The summed E-state index contributed by atoms with van der Waals surface area (Å²) in [6.07, 6.45) is 15.1. The topological polar surface area (TPSA) is 43.5 Å². The molecule has 0 spiro atoms. The molecule has 5 aliphatic rings. The van der Waals surface area contributed by atoms with Crippen LogP contribution in [0.2, 0.25) is 0 Å². The van der Waals surface area contributed by atoms with Gasteiger partial charge in [0, 0.05) is 50.2 Å². The standard InChI is InChI=1S/C52H36N4O/c1-3-13-32(14-4-1)48-50-49(37-20-8-10-24-43(37)55(50)35-17-5-2-6-18-35)54-52(53-48)56-42-23-9-7-19-36(42)40-29-33(25-27-44(40)56)34-26-28-45-41(30-34)47-38-21-11-15-31-16-12-22-39(46(31)38)51(47)57-45/h1-17,19-27,29-30,35,45,52,54H,18,28H2. The van der Waals surface area contributed by atoms with Crippen LogP contribution >= 0.6 is 0 Å². The number of hydrogen-bond donors (Lipinski definition) is 1. The highest BCUT2D eigenvalue weighted by Gasteiger charge is 2.39. The Kier molecular flexibility index (Phi) is 6.39. The number of aromatic nitrogens is 2. The van der Waals surface area contributed by atoms with Gasteiger partial charge >= 0.3 is 0 Å². The molecule has 0 fully saturated rings. The molecule has 3 unspecified atom stereocenters. The second-order valence-corrected chi connectivity index (χ2v) is 15.7. The molecule has 3 atom stereocenters. The molecule has 3 aliphatic carbocycles. The highest BCUT2D eigenvalue weighted by molar-refractivity contribution is 6.21. The van der Waals surface area contributed by atoms with Crippen molar-refractivity contribution < 1.29 is 4.74 Å². The van der Waals surface area contributed by atoms with Gasteiger partial charge in [0.25, 0.3) is 0 Å². The van der Waals surface area contributed by atoms with Crippen LogP contribution in [0.3, 0.4) is 0 Å². The summed E-state index contributed by atoms with van der Waals surface area (Å²) < 4.78 is 11.6. The van der Waals surface area contributed by atoms with E-state index in [0.29, 0.717) is 0 Å². The van der Waals surface area contributed by atoms with E-state index in [9.17, 15) is 0 Å². The average molecular weight is 733 g/mol. The average Bonchev–Trinajstić information content (AvgIpc) is 4.01. The second kappa shape index (κ2) is 11.7. The molecule has 8 aromatic rings. The first-order valence-corrected chi connectivity index (χ1v) is 20.0. The molecule has 0 radical (unpaired) electrons. The van der Waals surface area contributed by atoms with Gasteiger partial charge in [0.1, 0.15) is 11.9 Å². The fourth-order valence-electron chi connectivity index (χ4n) is 10.2. The van der Waals surface area contributed by atoms with Crippen molar-refractivity contribution in [2.24, 2.45) is 4.99 Å². The summed E-state index contributed by atoms with van der Waals surface area (Å²) in [6.45, 7) is 0. The van der Waals surface area contributed by atoms with E-state index in [1.807, 2.05) is 0 Å². The number of para-hydroxylation sites is 2. The molecular weight excluding hydrogens is 697 g/mol. The fourth-order valence-corrected chi connectivity index (χ4v) is 10.2. The SMILES string of the molecule is C1=CCC(n2c3c(c4ccccc42)NC(n2c4ccccc4c4cc(C5=CCC6OC7=C(C6=C5)c5cccc6cccc7c56)ccc42)N=C3c2ccccc2)C=C1. The summed E-state index contributed by atoms with van der Waals surface area (Å²) in [6, 6.07) is 48.6. The lowest BCUT2D eigenvalue weighted by atomic mass is 9.87. The minimum absolute atomic E-state index is 0.0449. The lowest BCUT2D eigenvalue weighted by molar-refractivity contribution is 0.222. The van der Waals surface area contributed by atoms with Crippen LogP contribution in [0.25, 0.3) is 60.4 Å². The number of fused-ring (bicyclic) bond motifs is 10. The number of benzene rings is 6. The van der Waals surface area contributed by atoms with Crippen molar-refractivity contribution in [1.82, 2.24) is 9.13 Å². The highest BCUT2D eigenvalue weighted by Crippen LogP contribution is 2.54. The zero-order valence-electron chi connectivity index (χ0n) is 31.1. The van der Waals surface area contributed by atoms with Crippen molar-refractivity contribution in [3.8, 4) is 0 Å². The van der Waals surface area contributed by atoms with Crippen LogP contribution < -0.4 is 5.32 Å². The van der Waals surface area contributed by atoms with Gasteiger partial charge in [-0.2, -0.15) is 0 Å². The lowest BCUT2D eigenvalue weighted by Crippen LogP contribution is -2.27. The van der Waals surface area contributed by atoms with Gasteiger partial charge < -0.3 is 19.2 Å². The third-order valence-corrected chi connectivity index (χ3v) is 12.7. The Morgan fingerprint density at radius 3 is 2.26 bits per heavy atom. The van der Waals surface area contributed by atoms with Gasteiger partial charge in [-0.05, 0) is 58.8 Å². The van der Waals surface area contributed by atoms with Gasteiger partial charge in [0.2, 0.25) is 6.29 Å². The molecule has 6 aromatic carbocycles. The molecule has 0 saturated carbocycles. The molecule has 0 bridgehead atoms. The molecule has 0 saturated heterocycles. The normalized spacial score (nSPS) is 20.4. The van der Waals surface area contributed by atoms with Gasteiger partial charge in [0.15, 0.2) is 0 Å². The van der Waals surface area contributed by atoms with Crippen LogP contribution in [0.15, 0.2) is 180 Å². The van der Waals surface area contributed by atoms with Gasteiger partial charge in [-0.25, -0.2) is 4.99 Å². The van der Waals surface area contributed by atoms with Gasteiger partial charge in [-0.1, -0.05) is 140 Å². The van der Waals surface area contributed by atoms with Crippen molar-refractivity contribution in [2.75, 3.05) is 5.32 Å². The van der Waals surface area contributed by atoms with Crippen LogP contribution in [-0.4, -0.2) is 20.9 Å².